The molecule has 1 aromatic rings. The van der Waals surface area contributed by atoms with E-state index in [1.54, 1.807) is 17.9 Å². The predicted octanol–water partition coefficient (Wildman–Crippen LogP) is 1.63. The second kappa shape index (κ2) is 8.28. The maximum absolute atomic E-state index is 12.6. The highest BCUT2D eigenvalue weighted by Gasteiger charge is 2.28. The number of thiophene rings is 1. The number of piperidine rings is 1. The molecule has 1 aliphatic rings. The normalized spacial score (nSPS) is 16.8. The van der Waals surface area contributed by atoms with Gasteiger partial charge in [-0.2, -0.15) is 0 Å². The largest absolute Gasteiger partial charge is 0.351 e. The first-order chi connectivity index (χ1) is 11.4. The number of carbonyl (C=O) groups excluding carboxylic acids is 3. The van der Waals surface area contributed by atoms with Gasteiger partial charge in [-0.3, -0.25) is 14.4 Å². The van der Waals surface area contributed by atoms with Gasteiger partial charge in [0.05, 0.1) is 4.88 Å². The fourth-order valence-corrected chi connectivity index (χ4v) is 3.41. The molecule has 7 heteroatoms. The molecule has 0 radical (unpaired) electrons. The molecule has 1 aliphatic heterocycles. The van der Waals surface area contributed by atoms with Crippen molar-refractivity contribution in [2.75, 3.05) is 13.1 Å². The summed E-state index contributed by atoms with van der Waals surface area (Å²) < 4.78 is 0. The van der Waals surface area contributed by atoms with Crippen LogP contribution >= 0.6 is 11.3 Å². The summed E-state index contributed by atoms with van der Waals surface area (Å²) in [6.07, 6.45) is 1.49. The highest BCUT2D eigenvalue weighted by atomic mass is 32.1. The van der Waals surface area contributed by atoms with Crippen molar-refractivity contribution >= 4 is 29.1 Å². The molecule has 2 N–H and O–H groups in total. The van der Waals surface area contributed by atoms with Gasteiger partial charge < -0.3 is 15.5 Å². The molecule has 1 atom stereocenters. The maximum Gasteiger partial charge on any atom is 0.262 e. The monoisotopic (exact) mass is 351 g/mol. The van der Waals surface area contributed by atoms with E-state index in [1.807, 2.05) is 25.3 Å². The summed E-state index contributed by atoms with van der Waals surface area (Å²) in [5.41, 5.74) is 0. The van der Waals surface area contributed by atoms with Crippen molar-refractivity contribution in [2.24, 2.45) is 5.92 Å². The van der Waals surface area contributed by atoms with Crippen molar-refractivity contribution in [3.63, 3.8) is 0 Å². The van der Waals surface area contributed by atoms with Crippen LogP contribution in [-0.2, 0) is 9.59 Å². The van der Waals surface area contributed by atoms with Gasteiger partial charge in [0.2, 0.25) is 11.8 Å². The Morgan fingerprint density at radius 1 is 1.25 bits per heavy atom. The van der Waals surface area contributed by atoms with Crippen LogP contribution in [0.3, 0.4) is 0 Å². The summed E-state index contributed by atoms with van der Waals surface area (Å²) in [5, 5.41) is 7.69. The zero-order valence-corrected chi connectivity index (χ0v) is 15.2. The van der Waals surface area contributed by atoms with Crippen LogP contribution in [0.15, 0.2) is 17.5 Å². The summed E-state index contributed by atoms with van der Waals surface area (Å²) in [5.74, 6) is -0.310. The Balaban J connectivity index is 1.90. The lowest BCUT2D eigenvalue weighted by Crippen LogP contribution is -2.54. The smallest absolute Gasteiger partial charge is 0.262 e. The molecule has 2 heterocycles. The third-order valence-electron chi connectivity index (χ3n) is 4.27. The lowest BCUT2D eigenvalue weighted by molar-refractivity contribution is -0.130. The average molecular weight is 351 g/mol. The molecule has 1 fully saturated rings. The lowest BCUT2D eigenvalue weighted by Gasteiger charge is -2.33. The average Bonchev–Trinajstić information content (AvgIpc) is 3.07. The van der Waals surface area contributed by atoms with Gasteiger partial charge >= 0.3 is 0 Å². The molecular weight excluding hydrogens is 326 g/mol. The minimum Gasteiger partial charge on any atom is -0.351 e. The van der Waals surface area contributed by atoms with Gasteiger partial charge in [-0.25, -0.2) is 0 Å². The Hall–Kier alpha value is -1.89. The number of likely N-dealkylation sites (tertiary alicyclic amines) is 1. The van der Waals surface area contributed by atoms with Crippen molar-refractivity contribution in [3.8, 4) is 0 Å². The fraction of sp³-hybridized carbons (Fsp3) is 0.588. The van der Waals surface area contributed by atoms with Crippen LogP contribution in [0, 0.1) is 5.92 Å². The maximum atomic E-state index is 12.6. The van der Waals surface area contributed by atoms with E-state index < -0.39 is 6.04 Å². The van der Waals surface area contributed by atoms with Gasteiger partial charge in [-0.1, -0.05) is 19.9 Å². The summed E-state index contributed by atoms with van der Waals surface area (Å²) in [7, 11) is 0. The molecule has 1 aromatic heterocycles. The molecule has 3 amide bonds. The Kier molecular flexibility index (Phi) is 6.36. The number of carbonyl (C=O) groups is 3. The molecule has 0 aliphatic carbocycles. The van der Waals surface area contributed by atoms with Gasteiger partial charge in [0, 0.05) is 26.1 Å². The number of hydrogen-bond acceptors (Lipinski definition) is 4. The molecule has 0 saturated carbocycles. The first kappa shape index (κ1) is 18.4. The fourth-order valence-electron chi connectivity index (χ4n) is 2.78. The zero-order chi connectivity index (χ0) is 17.7. The summed E-state index contributed by atoms with van der Waals surface area (Å²) in [4.78, 5) is 38.5. The van der Waals surface area contributed by atoms with Crippen molar-refractivity contribution < 1.29 is 14.4 Å². The van der Waals surface area contributed by atoms with Crippen LogP contribution in [-0.4, -0.2) is 47.8 Å². The van der Waals surface area contributed by atoms with E-state index in [9.17, 15) is 14.4 Å². The topological polar surface area (TPSA) is 78.5 Å². The molecular formula is C17H25N3O3S. The van der Waals surface area contributed by atoms with Gasteiger partial charge in [0.15, 0.2) is 0 Å². The quantitative estimate of drug-likeness (QED) is 0.846. The van der Waals surface area contributed by atoms with E-state index in [-0.39, 0.29) is 29.7 Å². The Labute approximate surface area is 146 Å². The Morgan fingerprint density at radius 2 is 1.92 bits per heavy atom. The number of nitrogens with one attached hydrogen (secondary N) is 2. The second-order valence-corrected chi connectivity index (χ2v) is 7.41. The van der Waals surface area contributed by atoms with Crippen LogP contribution < -0.4 is 10.6 Å². The van der Waals surface area contributed by atoms with Crippen molar-refractivity contribution in [3.05, 3.63) is 22.4 Å². The van der Waals surface area contributed by atoms with E-state index in [1.165, 1.54) is 11.3 Å². The number of hydrogen-bond donors (Lipinski definition) is 2. The molecule has 6 nitrogen and oxygen atoms in total. The Morgan fingerprint density at radius 3 is 2.42 bits per heavy atom. The van der Waals surface area contributed by atoms with Crippen LogP contribution in [0.25, 0.3) is 0 Å². The number of amides is 3. The van der Waals surface area contributed by atoms with Crippen LogP contribution in [0.2, 0.25) is 0 Å². The van der Waals surface area contributed by atoms with E-state index in [4.69, 9.17) is 0 Å². The second-order valence-electron chi connectivity index (χ2n) is 6.46. The molecule has 132 valence electrons. The van der Waals surface area contributed by atoms with Crippen LogP contribution in [0.4, 0.5) is 0 Å². The molecule has 1 saturated heterocycles. The Bertz CT molecular complexity index is 578. The highest BCUT2D eigenvalue weighted by molar-refractivity contribution is 7.12. The zero-order valence-electron chi connectivity index (χ0n) is 14.4. The molecule has 0 spiro atoms. The summed E-state index contributed by atoms with van der Waals surface area (Å²) in [6.45, 7) is 6.71. The van der Waals surface area contributed by atoms with E-state index in [0.29, 0.717) is 18.0 Å². The van der Waals surface area contributed by atoms with Gasteiger partial charge in [0.1, 0.15) is 6.04 Å². The molecule has 0 aromatic carbocycles. The summed E-state index contributed by atoms with van der Waals surface area (Å²) >= 11 is 1.35. The van der Waals surface area contributed by atoms with Gasteiger partial charge in [-0.05, 0) is 30.2 Å². The minimum absolute atomic E-state index is 0.00813. The van der Waals surface area contributed by atoms with Crippen molar-refractivity contribution in [2.45, 2.75) is 45.7 Å². The third kappa shape index (κ3) is 4.80. The van der Waals surface area contributed by atoms with Crippen LogP contribution in [0.5, 0.6) is 0 Å². The first-order valence-corrected chi connectivity index (χ1v) is 9.16. The highest BCUT2D eigenvalue weighted by Crippen LogP contribution is 2.13. The lowest BCUT2D eigenvalue weighted by atomic mass is 10.0. The van der Waals surface area contributed by atoms with E-state index in [2.05, 4.69) is 10.6 Å². The van der Waals surface area contributed by atoms with E-state index >= 15 is 0 Å². The summed E-state index contributed by atoms with van der Waals surface area (Å²) in [6, 6.07) is 3.04. The first-order valence-electron chi connectivity index (χ1n) is 8.28. The standard InChI is InChI=1S/C17H25N3O3S/c1-11(2)15(19-16(22)14-5-4-10-24-14)17(23)18-13-6-8-20(9-7-13)12(3)21/h4-5,10-11,13,15H,6-9H2,1-3H3,(H,18,23)(H,19,22). The molecule has 24 heavy (non-hydrogen) atoms. The number of rotatable bonds is 5. The van der Waals surface area contributed by atoms with E-state index in [0.717, 1.165) is 12.8 Å². The molecule has 0 bridgehead atoms. The van der Waals surface area contributed by atoms with Crippen molar-refractivity contribution in [1.82, 2.24) is 15.5 Å². The predicted molar refractivity (Wildman–Crippen MR) is 93.8 cm³/mol. The minimum atomic E-state index is -0.564. The van der Waals surface area contributed by atoms with Crippen LogP contribution in [0.1, 0.15) is 43.3 Å². The molecule has 2 rings (SSSR count). The van der Waals surface area contributed by atoms with Gasteiger partial charge in [-0.15, -0.1) is 11.3 Å². The third-order valence-corrected chi connectivity index (χ3v) is 5.14. The van der Waals surface area contributed by atoms with Gasteiger partial charge in [0.25, 0.3) is 5.91 Å². The SMILES string of the molecule is CC(=O)N1CCC(NC(=O)C(NC(=O)c2cccs2)C(C)C)CC1. The van der Waals surface area contributed by atoms with Crippen molar-refractivity contribution in [1.29, 1.82) is 0 Å². The number of nitrogens with zero attached hydrogens (tertiary/aromatic N) is 1. The molecule has 1 unspecified atom stereocenters.